The van der Waals surface area contributed by atoms with Gasteiger partial charge in [-0.25, -0.2) is 14.8 Å². The monoisotopic (exact) mass is 525 g/mol. The topological polar surface area (TPSA) is 133 Å². The van der Waals surface area contributed by atoms with E-state index in [4.69, 9.17) is 0 Å². The Kier molecular flexibility index (Phi) is 10.0. The Hall–Kier alpha value is -3.67. The number of aliphatic imine (C=N–C) groups is 1. The van der Waals surface area contributed by atoms with Crippen molar-refractivity contribution in [3.8, 4) is 0 Å². The summed E-state index contributed by atoms with van der Waals surface area (Å²) < 4.78 is 28.6. The number of anilines is 1. The molecule has 2 N–H and O–H groups in total. The lowest BCUT2D eigenvalue weighted by atomic mass is 9.97. The largest absolute Gasteiger partial charge is 0.755 e. The summed E-state index contributed by atoms with van der Waals surface area (Å²) in [6.07, 6.45) is 3.53. The Morgan fingerprint density at radius 1 is 1.19 bits per heavy atom. The van der Waals surface area contributed by atoms with Crippen LogP contribution in [0.4, 0.5) is 10.5 Å². The van der Waals surface area contributed by atoms with E-state index in [9.17, 15) is 18.4 Å². The molecule has 0 bridgehead atoms. The van der Waals surface area contributed by atoms with Gasteiger partial charge in [-0.15, -0.1) is 11.3 Å². The van der Waals surface area contributed by atoms with Crippen molar-refractivity contribution in [1.82, 2.24) is 10.3 Å². The summed E-state index contributed by atoms with van der Waals surface area (Å²) >= 11 is -0.876. The van der Waals surface area contributed by atoms with Gasteiger partial charge in [-0.1, -0.05) is 49.4 Å². The maximum atomic E-state index is 13.0. The van der Waals surface area contributed by atoms with Gasteiger partial charge in [0.05, 0.1) is 17.8 Å². The molecule has 11 heteroatoms. The highest BCUT2D eigenvalue weighted by Crippen LogP contribution is 2.23. The van der Waals surface area contributed by atoms with E-state index < -0.39 is 23.3 Å². The van der Waals surface area contributed by atoms with Gasteiger partial charge in [-0.05, 0) is 42.2 Å². The van der Waals surface area contributed by atoms with Crippen molar-refractivity contribution in [3.63, 3.8) is 0 Å². The molecular formula is C25H25N4O5S2-. The maximum absolute atomic E-state index is 13.0. The molecule has 0 spiro atoms. The highest BCUT2D eigenvalue weighted by molar-refractivity contribution is 7.80. The molecule has 1 aromatic heterocycles. The normalized spacial score (nSPS) is 13.2. The van der Waals surface area contributed by atoms with Crippen LogP contribution in [0.3, 0.4) is 0 Å². The van der Waals surface area contributed by atoms with Crippen LogP contribution in [0, 0.1) is 0 Å². The Morgan fingerprint density at radius 2 is 1.92 bits per heavy atom. The van der Waals surface area contributed by atoms with E-state index in [0.29, 0.717) is 17.7 Å². The van der Waals surface area contributed by atoms with Gasteiger partial charge in [0.15, 0.2) is 0 Å². The molecule has 3 rings (SSSR count). The number of carbonyl (C=O) groups excluding carboxylic acids is 2. The van der Waals surface area contributed by atoms with E-state index in [1.807, 2.05) is 30.5 Å². The van der Waals surface area contributed by atoms with Gasteiger partial charge in [0.2, 0.25) is 0 Å². The van der Waals surface area contributed by atoms with Crippen molar-refractivity contribution < 1.29 is 23.1 Å². The Balaban J connectivity index is 1.86. The quantitative estimate of drug-likeness (QED) is 0.231. The van der Waals surface area contributed by atoms with E-state index in [0.717, 1.165) is 22.7 Å². The van der Waals surface area contributed by atoms with E-state index in [1.165, 1.54) is 30.7 Å². The second-order valence-corrected chi connectivity index (χ2v) is 9.15. The van der Waals surface area contributed by atoms with Gasteiger partial charge in [0.25, 0.3) is 5.91 Å². The van der Waals surface area contributed by atoms with Crippen LogP contribution >= 0.6 is 11.3 Å². The number of hydrogen-bond donors (Lipinski definition) is 2. The van der Waals surface area contributed by atoms with Crippen LogP contribution in [-0.2, 0) is 33.6 Å². The lowest BCUT2D eigenvalue weighted by Crippen LogP contribution is -2.26. The highest BCUT2D eigenvalue weighted by atomic mass is 32.2. The third-order valence-corrected chi connectivity index (χ3v) is 6.41. The molecule has 2 atom stereocenters. The lowest BCUT2D eigenvalue weighted by molar-refractivity contribution is -0.114. The molecule has 9 nitrogen and oxygen atoms in total. The number of methoxy groups -OCH3 is 1. The molecule has 36 heavy (non-hydrogen) atoms. The predicted molar refractivity (Wildman–Crippen MR) is 140 cm³/mol. The summed E-state index contributed by atoms with van der Waals surface area (Å²) in [5.74, 6) is -0.966. The van der Waals surface area contributed by atoms with Crippen molar-refractivity contribution in [3.05, 3.63) is 87.5 Å². The highest BCUT2D eigenvalue weighted by Gasteiger charge is 2.17. The van der Waals surface area contributed by atoms with Crippen LogP contribution in [0.1, 0.15) is 34.7 Å². The number of thiazole rings is 1. The van der Waals surface area contributed by atoms with Crippen LogP contribution in [0.5, 0.6) is 0 Å². The van der Waals surface area contributed by atoms with Crippen LogP contribution in [0.15, 0.2) is 70.7 Å². The van der Waals surface area contributed by atoms with Crippen molar-refractivity contribution >= 4 is 52.6 Å². The summed E-state index contributed by atoms with van der Waals surface area (Å²) in [7, 11) is 1.21. The van der Waals surface area contributed by atoms with Gasteiger partial charge >= 0.3 is 6.09 Å². The van der Waals surface area contributed by atoms with Crippen molar-refractivity contribution in [2.45, 2.75) is 25.7 Å². The molecule has 0 aliphatic carbocycles. The van der Waals surface area contributed by atoms with Gasteiger partial charge < -0.3 is 14.0 Å². The van der Waals surface area contributed by atoms with Gasteiger partial charge in [-0.3, -0.25) is 14.3 Å². The summed E-state index contributed by atoms with van der Waals surface area (Å²) in [6, 6.07) is 16.0. The second kappa shape index (κ2) is 13.4. The number of hydrogen-bond acceptors (Lipinski definition) is 7. The number of rotatable bonds is 10. The summed E-state index contributed by atoms with van der Waals surface area (Å²) in [4.78, 5) is 33.6. The predicted octanol–water partition coefficient (Wildman–Crippen LogP) is 4.23. The zero-order chi connectivity index (χ0) is 25.9. The summed E-state index contributed by atoms with van der Waals surface area (Å²) in [5, 5.41) is 5.33. The van der Waals surface area contributed by atoms with Crippen LogP contribution in [0.25, 0.3) is 6.08 Å². The molecule has 2 amide bonds. The van der Waals surface area contributed by atoms with Crippen molar-refractivity contribution in [2.75, 3.05) is 11.8 Å². The number of alkyl carbamates (subject to hydrolysis) is 1. The summed E-state index contributed by atoms with van der Waals surface area (Å²) in [5.41, 5.74) is 2.80. The minimum Gasteiger partial charge on any atom is -0.755 e. The molecule has 188 valence electrons. The van der Waals surface area contributed by atoms with E-state index in [1.54, 1.807) is 36.4 Å². The molecule has 0 radical (unpaired) electrons. The lowest BCUT2D eigenvalue weighted by Gasteiger charge is -2.12. The zero-order valence-corrected chi connectivity index (χ0v) is 21.3. The molecule has 2 aromatic carbocycles. The number of nitrogens with one attached hydrogen (secondary N) is 2. The first kappa shape index (κ1) is 26.9. The molecule has 0 fully saturated rings. The summed E-state index contributed by atoms with van der Waals surface area (Å²) in [6.45, 7) is 2.01. The average molecular weight is 526 g/mol. The fourth-order valence-electron chi connectivity index (χ4n) is 3.21. The smallest absolute Gasteiger partial charge is 0.411 e. The van der Waals surface area contributed by atoms with E-state index >= 15 is 0 Å². The average Bonchev–Trinajstić information content (AvgIpc) is 3.36. The number of aryl methyl sites for hydroxylation is 1. The van der Waals surface area contributed by atoms with Gasteiger partial charge in [0.1, 0.15) is 5.70 Å². The Labute approximate surface area is 215 Å². The van der Waals surface area contributed by atoms with Crippen LogP contribution in [-0.4, -0.2) is 39.1 Å². The molecule has 0 saturated heterocycles. The number of benzene rings is 2. The Bertz CT molecular complexity index is 1260. The first-order chi connectivity index (χ1) is 17.4. The second-order valence-electron chi connectivity index (χ2n) is 7.53. The SMILES string of the molecule is CCc1nc([C@@H](C=NC(=O)/C(=C/c2ccccc2)NC(=O)OC)Cc2ccc(NS(=O)[O-])cc2)cs1. The minimum atomic E-state index is -2.41. The number of ether oxygens (including phenoxy) is 1. The minimum absolute atomic E-state index is 0.0309. The molecular weight excluding hydrogens is 500 g/mol. The van der Waals surface area contributed by atoms with Crippen LogP contribution in [0.2, 0.25) is 0 Å². The number of carbonyl (C=O) groups is 2. The van der Waals surface area contributed by atoms with Crippen molar-refractivity contribution in [1.29, 1.82) is 0 Å². The number of amides is 2. The van der Waals surface area contributed by atoms with Crippen LogP contribution < -0.4 is 10.0 Å². The fraction of sp³-hybridized carbons (Fsp3) is 0.200. The van der Waals surface area contributed by atoms with E-state index in [2.05, 4.69) is 24.8 Å². The molecule has 3 aromatic rings. The third-order valence-electron chi connectivity index (χ3n) is 5.00. The van der Waals surface area contributed by atoms with Crippen molar-refractivity contribution in [2.24, 2.45) is 4.99 Å². The Morgan fingerprint density at radius 3 is 2.53 bits per heavy atom. The molecule has 1 unspecified atom stereocenters. The maximum Gasteiger partial charge on any atom is 0.411 e. The fourth-order valence-corrected chi connectivity index (χ4v) is 4.34. The zero-order valence-electron chi connectivity index (χ0n) is 19.7. The molecule has 0 saturated carbocycles. The first-order valence-corrected chi connectivity index (χ1v) is 12.9. The first-order valence-electron chi connectivity index (χ1n) is 11.0. The molecule has 0 aliphatic rings. The number of aromatic nitrogens is 1. The van der Waals surface area contributed by atoms with Gasteiger partial charge in [0, 0.05) is 34.5 Å². The number of nitrogens with zero attached hydrogens (tertiary/aromatic N) is 2. The molecule has 0 aliphatic heterocycles. The third kappa shape index (κ3) is 8.22. The standard InChI is InChI=1S/C25H26N4O5S2/c1-3-23-27-22(16-35-23)19(13-18-9-11-20(12-10-18)29-36(32)33)15-26-24(30)21(28-25(31)34-2)14-17-7-5-4-6-8-17/h4-12,14-16,19,29H,3,13H2,1-2H3,(H,28,31)(H,32,33)/p-1/b21-14-,26-15?/t19-/m1/s1. The van der Waals surface area contributed by atoms with Gasteiger partial charge in [-0.2, -0.15) is 0 Å². The molecule has 1 heterocycles. The van der Waals surface area contributed by atoms with E-state index in [-0.39, 0.29) is 11.6 Å².